The fraction of sp³-hybridized carbons (Fsp3) is 0.533. The van der Waals surface area contributed by atoms with Crippen molar-refractivity contribution in [3.63, 3.8) is 0 Å². The first-order valence-corrected chi connectivity index (χ1v) is 6.75. The molecule has 1 unspecified atom stereocenters. The summed E-state index contributed by atoms with van der Waals surface area (Å²) in [6.07, 6.45) is 2.35. The van der Waals surface area contributed by atoms with Gasteiger partial charge in [-0.25, -0.2) is 0 Å². The molecule has 2 N–H and O–H groups in total. The van der Waals surface area contributed by atoms with Crippen LogP contribution in [-0.4, -0.2) is 26.8 Å². The second-order valence-corrected chi connectivity index (χ2v) is 5.08. The minimum Gasteiger partial charge on any atom is -0.384 e. The number of hydrogen-bond acceptors (Lipinski definition) is 4. The zero-order valence-corrected chi connectivity index (χ0v) is 11.4. The van der Waals surface area contributed by atoms with Gasteiger partial charge in [0.05, 0.1) is 17.9 Å². The Labute approximate surface area is 114 Å². The molecule has 1 heterocycles. The lowest BCUT2D eigenvalue weighted by molar-refractivity contribution is 0.143. The maximum Gasteiger partial charge on any atom is 0.101 e. The van der Waals surface area contributed by atoms with Gasteiger partial charge in [0.15, 0.2) is 0 Å². The van der Waals surface area contributed by atoms with E-state index in [9.17, 15) is 5.26 Å². The first kappa shape index (κ1) is 13.9. The number of methoxy groups -OCH3 is 1. The Morgan fingerprint density at radius 1 is 1.53 bits per heavy atom. The first-order chi connectivity index (χ1) is 9.28. The molecular formula is C15H21N3O. The molecule has 102 valence electrons. The van der Waals surface area contributed by atoms with Gasteiger partial charge in [-0.15, -0.1) is 0 Å². The minimum absolute atomic E-state index is 0.473. The zero-order valence-electron chi connectivity index (χ0n) is 11.4. The van der Waals surface area contributed by atoms with Gasteiger partial charge < -0.3 is 15.4 Å². The molecule has 0 radical (unpaired) electrons. The lowest BCUT2D eigenvalue weighted by atomic mass is 9.97. The number of nitrogens with two attached hydrogens (primary N) is 1. The summed E-state index contributed by atoms with van der Waals surface area (Å²) in [7, 11) is 1.75. The van der Waals surface area contributed by atoms with Gasteiger partial charge in [-0.05, 0) is 36.5 Å². The van der Waals surface area contributed by atoms with E-state index in [1.54, 1.807) is 7.11 Å². The molecule has 1 aliphatic heterocycles. The lowest BCUT2D eigenvalue weighted by Crippen LogP contribution is -2.37. The van der Waals surface area contributed by atoms with E-state index in [1.165, 1.54) is 6.42 Å². The molecule has 1 saturated heterocycles. The fourth-order valence-corrected chi connectivity index (χ4v) is 2.73. The zero-order chi connectivity index (χ0) is 13.7. The maximum absolute atomic E-state index is 9.30. The molecule has 0 saturated carbocycles. The fourth-order valence-electron chi connectivity index (χ4n) is 2.73. The van der Waals surface area contributed by atoms with Crippen LogP contribution in [0.2, 0.25) is 0 Å². The molecular weight excluding hydrogens is 238 g/mol. The Morgan fingerprint density at radius 2 is 2.37 bits per heavy atom. The lowest BCUT2D eigenvalue weighted by Gasteiger charge is -2.34. The summed E-state index contributed by atoms with van der Waals surface area (Å²) in [5.41, 5.74) is 8.38. The Balaban J connectivity index is 2.19. The van der Waals surface area contributed by atoms with Crippen LogP contribution in [0.1, 0.15) is 24.0 Å². The topological polar surface area (TPSA) is 62.3 Å². The molecule has 19 heavy (non-hydrogen) atoms. The molecule has 0 aromatic heterocycles. The molecule has 4 heteroatoms. The number of ether oxygens (including phenoxy) is 1. The van der Waals surface area contributed by atoms with E-state index in [2.05, 4.69) is 11.0 Å². The Bertz CT molecular complexity index is 465. The summed E-state index contributed by atoms with van der Waals surface area (Å²) in [4.78, 5) is 2.30. The minimum atomic E-state index is 0.473. The third-order valence-electron chi connectivity index (χ3n) is 3.68. The summed E-state index contributed by atoms with van der Waals surface area (Å²) >= 11 is 0. The molecule has 1 aromatic rings. The van der Waals surface area contributed by atoms with Gasteiger partial charge in [0.1, 0.15) is 6.07 Å². The smallest absolute Gasteiger partial charge is 0.101 e. The first-order valence-electron chi connectivity index (χ1n) is 6.75. The highest BCUT2D eigenvalue weighted by molar-refractivity contribution is 5.60. The van der Waals surface area contributed by atoms with Crippen LogP contribution in [0.4, 0.5) is 5.69 Å². The average molecular weight is 259 g/mol. The van der Waals surface area contributed by atoms with Crippen LogP contribution in [0.5, 0.6) is 0 Å². The number of anilines is 1. The van der Waals surface area contributed by atoms with Gasteiger partial charge in [-0.1, -0.05) is 6.07 Å². The molecule has 2 rings (SSSR count). The van der Waals surface area contributed by atoms with E-state index in [4.69, 9.17) is 10.5 Å². The maximum atomic E-state index is 9.30. The van der Waals surface area contributed by atoms with E-state index in [1.807, 2.05) is 18.2 Å². The average Bonchev–Trinajstić information content (AvgIpc) is 2.47. The summed E-state index contributed by atoms with van der Waals surface area (Å²) in [5, 5.41) is 9.30. The van der Waals surface area contributed by atoms with Gasteiger partial charge in [-0.3, -0.25) is 0 Å². The monoisotopic (exact) mass is 259 g/mol. The van der Waals surface area contributed by atoms with Crippen molar-refractivity contribution >= 4 is 5.69 Å². The number of benzene rings is 1. The predicted molar refractivity (Wildman–Crippen MR) is 75.9 cm³/mol. The molecule has 1 aromatic carbocycles. The second-order valence-electron chi connectivity index (χ2n) is 5.08. The number of hydrogen-bond donors (Lipinski definition) is 1. The van der Waals surface area contributed by atoms with Gasteiger partial charge in [0.2, 0.25) is 0 Å². The summed E-state index contributed by atoms with van der Waals surface area (Å²) in [6.45, 7) is 3.24. The standard InChI is InChI=1S/C15H21N3O/c1-19-11-13-3-2-6-18(10-13)15-5-4-12(8-16)7-14(15)9-17/h4-5,7,13H,2-3,6,8,10-11,16H2,1H3. The van der Waals surface area contributed by atoms with Gasteiger partial charge >= 0.3 is 0 Å². The predicted octanol–water partition coefficient (Wildman–Crippen LogP) is 1.88. The number of rotatable bonds is 4. The summed E-state index contributed by atoms with van der Waals surface area (Å²) in [5.74, 6) is 0.555. The third-order valence-corrected chi connectivity index (χ3v) is 3.68. The summed E-state index contributed by atoms with van der Waals surface area (Å²) in [6, 6.07) is 8.22. The van der Waals surface area contributed by atoms with E-state index < -0.39 is 0 Å². The van der Waals surface area contributed by atoms with Crippen LogP contribution >= 0.6 is 0 Å². The van der Waals surface area contributed by atoms with Gasteiger partial charge in [0, 0.05) is 26.7 Å². The SMILES string of the molecule is COCC1CCCN(c2ccc(CN)cc2C#N)C1. The molecule has 1 fully saturated rings. The van der Waals surface area contributed by atoms with E-state index in [0.717, 1.165) is 42.9 Å². The molecule has 0 bridgehead atoms. The number of piperidine rings is 1. The summed E-state index contributed by atoms with van der Waals surface area (Å²) < 4.78 is 5.25. The second kappa shape index (κ2) is 6.55. The Kier molecular flexibility index (Phi) is 4.78. The van der Waals surface area contributed by atoms with Crippen LogP contribution in [0, 0.1) is 17.2 Å². The van der Waals surface area contributed by atoms with Crippen molar-refractivity contribution < 1.29 is 4.74 Å². The van der Waals surface area contributed by atoms with Crippen molar-refractivity contribution in [2.75, 3.05) is 31.7 Å². The molecule has 1 atom stereocenters. The van der Waals surface area contributed by atoms with Gasteiger partial charge in [0.25, 0.3) is 0 Å². The van der Waals surface area contributed by atoms with Crippen LogP contribution in [-0.2, 0) is 11.3 Å². The molecule has 1 aliphatic rings. The number of nitriles is 1. The van der Waals surface area contributed by atoms with E-state index in [0.29, 0.717) is 12.5 Å². The van der Waals surface area contributed by atoms with Gasteiger partial charge in [-0.2, -0.15) is 5.26 Å². The van der Waals surface area contributed by atoms with Crippen molar-refractivity contribution in [1.82, 2.24) is 0 Å². The van der Waals surface area contributed by atoms with Crippen molar-refractivity contribution in [2.45, 2.75) is 19.4 Å². The molecule has 0 spiro atoms. The molecule has 0 aliphatic carbocycles. The van der Waals surface area contributed by atoms with E-state index >= 15 is 0 Å². The highest BCUT2D eigenvalue weighted by atomic mass is 16.5. The normalized spacial score (nSPS) is 19.2. The van der Waals surface area contributed by atoms with Crippen molar-refractivity contribution in [1.29, 1.82) is 5.26 Å². The van der Waals surface area contributed by atoms with E-state index in [-0.39, 0.29) is 0 Å². The third kappa shape index (κ3) is 3.25. The van der Waals surface area contributed by atoms with Crippen LogP contribution in [0.15, 0.2) is 18.2 Å². The van der Waals surface area contributed by atoms with Crippen molar-refractivity contribution in [2.24, 2.45) is 11.7 Å². The Morgan fingerprint density at radius 3 is 3.05 bits per heavy atom. The van der Waals surface area contributed by atoms with Crippen LogP contribution < -0.4 is 10.6 Å². The quantitative estimate of drug-likeness (QED) is 0.896. The van der Waals surface area contributed by atoms with Crippen molar-refractivity contribution in [3.8, 4) is 6.07 Å². The largest absolute Gasteiger partial charge is 0.384 e. The van der Waals surface area contributed by atoms with Crippen LogP contribution in [0.25, 0.3) is 0 Å². The molecule has 4 nitrogen and oxygen atoms in total. The highest BCUT2D eigenvalue weighted by Gasteiger charge is 2.21. The molecule has 0 amide bonds. The highest BCUT2D eigenvalue weighted by Crippen LogP contribution is 2.27. The van der Waals surface area contributed by atoms with Crippen molar-refractivity contribution in [3.05, 3.63) is 29.3 Å². The Hall–Kier alpha value is -1.57. The van der Waals surface area contributed by atoms with Crippen LogP contribution in [0.3, 0.4) is 0 Å². The number of nitrogens with zero attached hydrogens (tertiary/aromatic N) is 2.